The van der Waals surface area contributed by atoms with Crippen molar-refractivity contribution < 1.29 is 4.79 Å². The summed E-state index contributed by atoms with van der Waals surface area (Å²) >= 11 is 1.73. The quantitative estimate of drug-likeness (QED) is 0.863. The third kappa shape index (κ3) is 3.98. The van der Waals surface area contributed by atoms with Gasteiger partial charge in [-0.1, -0.05) is 6.92 Å². The number of thiazole rings is 1. The first-order valence-corrected chi connectivity index (χ1v) is 7.41. The summed E-state index contributed by atoms with van der Waals surface area (Å²) in [4.78, 5) is 19.4. The highest BCUT2D eigenvalue weighted by Gasteiger charge is 2.09. The zero-order chi connectivity index (χ0) is 13.5. The number of nitrogens with one attached hydrogen (secondary N) is 1. The molecule has 0 aromatic carbocycles. The lowest BCUT2D eigenvalue weighted by Crippen LogP contribution is -2.40. The Kier molecular flexibility index (Phi) is 6.12. The molecule has 0 spiro atoms. The minimum Gasteiger partial charge on any atom is -0.338 e. The number of hydrogen-bond donors (Lipinski definition) is 1. The monoisotopic (exact) mass is 269 g/mol. The van der Waals surface area contributed by atoms with Crippen molar-refractivity contribution in [3.63, 3.8) is 0 Å². The van der Waals surface area contributed by atoms with Gasteiger partial charge in [-0.2, -0.15) is 0 Å². The average molecular weight is 269 g/mol. The molecular formula is C13H23N3OS. The summed E-state index contributed by atoms with van der Waals surface area (Å²) in [5.74, 6) is 0. The summed E-state index contributed by atoms with van der Waals surface area (Å²) in [6.45, 7) is 10.4. The molecule has 102 valence electrons. The van der Waals surface area contributed by atoms with Crippen LogP contribution in [0.5, 0.6) is 0 Å². The molecule has 0 aliphatic heterocycles. The van der Waals surface area contributed by atoms with E-state index in [0.29, 0.717) is 6.54 Å². The van der Waals surface area contributed by atoms with Gasteiger partial charge in [0.15, 0.2) is 0 Å². The molecule has 1 N–H and O–H groups in total. The molecule has 1 heterocycles. The van der Waals surface area contributed by atoms with Crippen LogP contribution in [0.25, 0.3) is 0 Å². The molecule has 0 aliphatic rings. The van der Waals surface area contributed by atoms with Crippen LogP contribution in [0.3, 0.4) is 0 Å². The van der Waals surface area contributed by atoms with E-state index in [-0.39, 0.29) is 6.03 Å². The summed E-state index contributed by atoms with van der Waals surface area (Å²) in [6, 6.07) is 0.0176. The third-order valence-electron chi connectivity index (χ3n) is 2.94. The predicted octanol–water partition coefficient (Wildman–Crippen LogP) is 2.61. The summed E-state index contributed by atoms with van der Waals surface area (Å²) < 4.78 is 0. The second kappa shape index (κ2) is 7.36. The average Bonchev–Trinajstić information content (AvgIpc) is 2.71. The summed E-state index contributed by atoms with van der Waals surface area (Å²) in [5, 5.41) is 4.05. The van der Waals surface area contributed by atoms with Crippen molar-refractivity contribution in [2.24, 2.45) is 0 Å². The lowest BCUT2D eigenvalue weighted by Gasteiger charge is -2.18. The van der Waals surface area contributed by atoms with Crippen molar-refractivity contribution in [1.29, 1.82) is 0 Å². The van der Waals surface area contributed by atoms with E-state index in [1.54, 1.807) is 16.2 Å². The molecule has 1 aromatic rings. The maximum atomic E-state index is 11.7. The molecule has 1 rings (SSSR count). The number of nitrogens with zero attached hydrogens (tertiary/aromatic N) is 2. The normalized spacial score (nSPS) is 10.4. The Morgan fingerprint density at radius 1 is 1.33 bits per heavy atom. The highest BCUT2D eigenvalue weighted by molar-refractivity contribution is 7.11. The molecule has 4 nitrogen and oxygen atoms in total. The van der Waals surface area contributed by atoms with Crippen molar-refractivity contribution in [2.45, 2.75) is 40.5 Å². The van der Waals surface area contributed by atoms with E-state index in [1.165, 1.54) is 10.6 Å². The van der Waals surface area contributed by atoms with E-state index in [4.69, 9.17) is 0 Å². The van der Waals surface area contributed by atoms with Gasteiger partial charge in [0.1, 0.15) is 0 Å². The lowest BCUT2D eigenvalue weighted by atomic mass is 10.3. The van der Waals surface area contributed by atoms with Gasteiger partial charge in [-0.3, -0.25) is 0 Å². The molecule has 0 saturated heterocycles. The smallest absolute Gasteiger partial charge is 0.317 e. The van der Waals surface area contributed by atoms with Gasteiger partial charge in [0.25, 0.3) is 0 Å². The molecule has 5 heteroatoms. The number of aryl methyl sites for hydroxylation is 2. The predicted molar refractivity (Wildman–Crippen MR) is 76.3 cm³/mol. The zero-order valence-corrected chi connectivity index (χ0v) is 12.6. The van der Waals surface area contributed by atoms with E-state index >= 15 is 0 Å². The first-order chi connectivity index (χ1) is 8.62. The van der Waals surface area contributed by atoms with Gasteiger partial charge in [0.2, 0.25) is 0 Å². The largest absolute Gasteiger partial charge is 0.338 e. The molecule has 0 bridgehead atoms. The minimum atomic E-state index is 0.0176. The number of hydrogen-bond acceptors (Lipinski definition) is 3. The van der Waals surface area contributed by atoms with Crippen LogP contribution in [0.15, 0.2) is 0 Å². The van der Waals surface area contributed by atoms with Crippen molar-refractivity contribution in [1.82, 2.24) is 15.2 Å². The Morgan fingerprint density at radius 2 is 2.00 bits per heavy atom. The second-order valence-electron chi connectivity index (χ2n) is 4.12. The standard InChI is InChI=1S/C13H23N3OS/c1-5-11-10(4)18-12(15-11)8-9-14-13(17)16(6-2)7-3/h5-9H2,1-4H3,(H,14,17). The van der Waals surface area contributed by atoms with Crippen LogP contribution in [0.1, 0.15) is 36.3 Å². The fraction of sp³-hybridized carbons (Fsp3) is 0.692. The third-order valence-corrected chi connectivity index (χ3v) is 4.01. The van der Waals surface area contributed by atoms with Crippen molar-refractivity contribution in [3.8, 4) is 0 Å². The van der Waals surface area contributed by atoms with Crippen molar-refractivity contribution in [2.75, 3.05) is 19.6 Å². The molecule has 2 amide bonds. The number of carbonyl (C=O) groups is 1. The van der Waals surface area contributed by atoms with Crippen LogP contribution in [0, 0.1) is 6.92 Å². The molecule has 0 radical (unpaired) electrons. The first-order valence-electron chi connectivity index (χ1n) is 6.60. The van der Waals surface area contributed by atoms with Crippen LogP contribution in [0.4, 0.5) is 4.79 Å². The van der Waals surface area contributed by atoms with Crippen LogP contribution >= 0.6 is 11.3 Å². The molecule has 0 saturated carbocycles. The maximum absolute atomic E-state index is 11.7. The number of aromatic nitrogens is 1. The van der Waals surface area contributed by atoms with E-state index in [2.05, 4.69) is 24.1 Å². The van der Waals surface area contributed by atoms with Gasteiger partial charge in [0.05, 0.1) is 10.7 Å². The highest BCUT2D eigenvalue weighted by atomic mass is 32.1. The van der Waals surface area contributed by atoms with Crippen molar-refractivity contribution >= 4 is 17.4 Å². The zero-order valence-electron chi connectivity index (χ0n) is 11.7. The molecule has 0 unspecified atom stereocenters. The van der Waals surface area contributed by atoms with Gasteiger partial charge in [-0.25, -0.2) is 9.78 Å². The number of urea groups is 1. The Labute approximate surface area is 113 Å². The van der Waals surface area contributed by atoms with Gasteiger partial charge in [0, 0.05) is 30.9 Å². The van der Waals surface area contributed by atoms with Gasteiger partial charge in [-0.15, -0.1) is 11.3 Å². The Balaban J connectivity index is 2.39. The van der Waals surface area contributed by atoms with Crippen LogP contribution in [-0.4, -0.2) is 35.5 Å². The van der Waals surface area contributed by atoms with Gasteiger partial charge < -0.3 is 10.2 Å². The topological polar surface area (TPSA) is 45.2 Å². The van der Waals surface area contributed by atoms with Crippen LogP contribution in [0.2, 0.25) is 0 Å². The Hall–Kier alpha value is -1.10. The molecule has 0 aliphatic carbocycles. The fourth-order valence-electron chi connectivity index (χ4n) is 1.82. The molecule has 0 atom stereocenters. The molecule has 18 heavy (non-hydrogen) atoms. The van der Waals surface area contributed by atoms with Gasteiger partial charge in [-0.05, 0) is 27.2 Å². The number of amides is 2. The Bertz CT molecular complexity index is 386. The fourth-order valence-corrected chi connectivity index (χ4v) is 2.84. The minimum absolute atomic E-state index is 0.0176. The van der Waals surface area contributed by atoms with Crippen molar-refractivity contribution in [3.05, 3.63) is 15.6 Å². The van der Waals surface area contributed by atoms with E-state index < -0.39 is 0 Å². The Morgan fingerprint density at radius 3 is 2.50 bits per heavy atom. The number of carbonyl (C=O) groups excluding carboxylic acids is 1. The molecule has 0 fully saturated rings. The van der Waals surface area contributed by atoms with E-state index in [0.717, 1.165) is 30.9 Å². The van der Waals surface area contributed by atoms with E-state index in [9.17, 15) is 4.79 Å². The summed E-state index contributed by atoms with van der Waals surface area (Å²) in [5.41, 5.74) is 1.19. The van der Waals surface area contributed by atoms with Crippen LogP contribution in [-0.2, 0) is 12.8 Å². The van der Waals surface area contributed by atoms with E-state index in [1.807, 2.05) is 13.8 Å². The summed E-state index contributed by atoms with van der Waals surface area (Å²) in [6.07, 6.45) is 1.80. The molecule has 1 aromatic heterocycles. The van der Waals surface area contributed by atoms with Gasteiger partial charge >= 0.3 is 6.03 Å². The second-order valence-corrected chi connectivity index (χ2v) is 5.41. The summed E-state index contributed by atoms with van der Waals surface area (Å²) in [7, 11) is 0. The number of rotatable bonds is 6. The highest BCUT2D eigenvalue weighted by Crippen LogP contribution is 2.17. The maximum Gasteiger partial charge on any atom is 0.317 e. The molecular weight excluding hydrogens is 246 g/mol. The first kappa shape index (κ1) is 15.0. The lowest BCUT2D eigenvalue weighted by molar-refractivity contribution is 0.203. The SMILES string of the molecule is CCc1nc(CCNC(=O)N(CC)CC)sc1C. The van der Waals surface area contributed by atoms with Crippen LogP contribution < -0.4 is 5.32 Å².